The molecule has 0 unspecified atom stereocenters. The highest BCUT2D eigenvalue weighted by molar-refractivity contribution is 5.81. The molecule has 0 radical (unpaired) electrons. The number of carboxylic acids is 1. The number of aliphatic carboxylic acids is 1. The molecule has 3 heteroatoms. The Hall–Kier alpha value is -1.35. The van der Waals surface area contributed by atoms with Crippen LogP contribution in [0.4, 0.5) is 0 Å². The summed E-state index contributed by atoms with van der Waals surface area (Å²) in [5.74, 6) is -0.685. The van der Waals surface area contributed by atoms with Crippen LogP contribution in [-0.4, -0.2) is 34.6 Å². The minimum atomic E-state index is -0.713. The Morgan fingerprint density at radius 1 is 1.15 bits per heavy atom. The Balaban J connectivity index is 2.26. The van der Waals surface area contributed by atoms with E-state index in [-0.39, 0.29) is 5.54 Å². The molecule has 0 amide bonds. The van der Waals surface area contributed by atoms with Gasteiger partial charge in [-0.3, -0.25) is 9.69 Å². The summed E-state index contributed by atoms with van der Waals surface area (Å²) in [7, 11) is 0. The largest absolute Gasteiger partial charge is 0.481 e. The zero-order valence-corrected chi connectivity index (χ0v) is 12.9. The molecular formula is C17H25NO2. The molecule has 1 heterocycles. The zero-order valence-electron chi connectivity index (χ0n) is 12.9. The van der Waals surface area contributed by atoms with Crippen molar-refractivity contribution in [2.24, 2.45) is 0 Å². The second-order valence-electron chi connectivity index (χ2n) is 6.91. The number of hydrogen-bond donors (Lipinski definition) is 1. The Morgan fingerprint density at radius 3 is 2.05 bits per heavy atom. The van der Waals surface area contributed by atoms with Crippen molar-refractivity contribution in [3.05, 3.63) is 35.4 Å². The second kappa shape index (κ2) is 5.21. The number of rotatable bonds is 2. The smallest absolute Gasteiger partial charge is 0.314 e. The molecule has 0 bridgehead atoms. The zero-order chi connectivity index (χ0) is 15.0. The van der Waals surface area contributed by atoms with E-state index in [0.29, 0.717) is 12.8 Å². The van der Waals surface area contributed by atoms with Crippen molar-refractivity contribution in [1.82, 2.24) is 4.90 Å². The van der Waals surface area contributed by atoms with Crippen LogP contribution in [0.25, 0.3) is 0 Å². The van der Waals surface area contributed by atoms with Gasteiger partial charge in [0, 0.05) is 18.6 Å². The lowest BCUT2D eigenvalue weighted by Crippen LogP contribution is -2.52. The van der Waals surface area contributed by atoms with Crippen LogP contribution < -0.4 is 0 Å². The maximum absolute atomic E-state index is 11.9. The quantitative estimate of drug-likeness (QED) is 0.901. The lowest BCUT2D eigenvalue weighted by molar-refractivity contribution is -0.146. The highest BCUT2D eigenvalue weighted by Gasteiger charge is 2.44. The molecule has 2 rings (SSSR count). The summed E-state index contributed by atoms with van der Waals surface area (Å²) < 4.78 is 0. The van der Waals surface area contributed by atoms with E-state index in [4.69, 9.17) is 0 Å². The van der Waals surface area contributed by atoms with Crippen molar-refractivity contribution in [2.45, 2.75) is 51.5 Å². The van der Waals surface area contributed by atoms with E-state index in [1.54, 1.807) is 0 Å². The number of likely N-dealkylation sites (tertiary alicyclic amines) is 1. The molecular weight excluding hydrogens is 250 g/mol. The van der Waals surface area contributed by atoms with E-state index in [1.165, 1.54) is 5.56 Å². The Bertz CT molecular complexity index is 477. The second-order valence-corrected chi connectivity index (χ2v) is 6.91. The van der Waals surface area contributed by atoms with E-state index in [9.17, 15) is 9.90 Å². The van der Waals surface area contributed by atoms with Crippen LogP contribution in [0, 0.1) is 6.92 Å². The Labute approximate surface area is 121 Å². The molecule has 110 valence electrons. The van der Waals surface area contributed by atoms with Crippen LogP contribution in [-0.2, 0) is 10.2 Å². The molecule has 20 heavy (non-hydrogen) atoms. The first-order chi connectivity index (χ1) is 9.25. The third kappa shape index (κ3) is 2.73. The van der Waals surface area contributed by atoms with Gasteiger partial charge in [-0.2, -0.15) is 0 Å². The molecule has 0 saturated carbocycles. The standard InChI is InChI=1S/C17H25NO2/c1-13-5-7-14(8-6-13)17(15(19)20)9-11-18(12-10-17)16(2,3)4/h5-8H,9-12H2,1-4H3,(H,19,20). The third-order valence-corrected chi connectivity index (χ3v) is 4.58. The summed E-state index contributed by atoms with van der Waals surface area (Å²) in [6.45, 7) is 10.3. The van der Waals surface area contributed by atoms with Crippen LogP contribution in [0.2, 0.25) is 0 Å². The first-order valence-corrected chi connectivity index (χ1v) is 7.31. The van der Waals surface area contributed by atoms with Crippen LogP contribution in [0.5, 0.6) is 0 Å². The monoisotopic (exact) mass is 275 g/mol. The molecule has 3 nitrogen and oxygen atoms in total. The maximum Gasteiger partial charge on any atom is 0.314 e. The van der Waals surface area contributed by atoms with Crippen molar-refractivity contribution >= 4 is 5.97 Å². The lowest BCUT2D eigenvalue weighted by Gasteiger charge is -2.45. The molecule has 1 N–H and O–H groups in total. The fraction of sp³-hybridized carbons (Fsp3) is 0.588. The van der Waals surface area contributed by atoms with Gasteiger partial charge >= 0.3 is 5.97 Å². The summed E-state index contributed by atoms with van der Waals surface area (Å²) in [5, 5.41) is 9.78. The van der Waals surface area contributed by atoms with Crippen molar-refractivity contribution < 1.29 is 9.90 Å². The van der Waals surface area contributed by atoms with Gasteiger partial charge in [0.25, 0.3) is 0 Å². The number of carboxylic acid groups (broad SMARTS) is 1. The molecule has 1 aliphatic rings. The first kappa shape index (κ1) is 15.0. The molecule has 0 atom stereocenters. The number of benzene rings is 1. The van der Waals surface area contributed by atoms with Gasteiger partial charge in [0.05, 0.1) is 5.41 Å². The van der Waals surface area contributed by atoms with Crippen molar-refractivity contribution in [1.29, 1.82) is 0 Å². The highest BCUT2D eigenvalue weighted by atomic mass is 16.4. The Morgan fingerprint density at radius 2 is 1.65 bits per heavy atom. The number of piperidine rings is 1. The molecule has 1 saturated heterocycles. The fourth-order valence-corrected chi connectivity index (χ4v) is 3.06. The predicted molar refractivity (Wildman–Crippen MR) is 81.1 cm³/mol. The van der Waals surface area contributed by atoms with E-state index < -0.39 is 11.4 Å². The summed E-state index contributed by atoms with van der Waals surface area (Å²) in [6.07, 6.45) is 1.37. The summed E-state index contributed by atoms with van der Waals surface area (Å²) >= 11 is 0. The van der Waals surface area contributed by atoms with Gasteiger partial charge in [-0.1, -0.05) is 29.8 Å². The van der Waals surface area contributed by atoms with Crippen LogP contribution in [0.3, 0.4) is 0 Å². The van der Waals surface area contributed by atoms with Crippen LogP contribution >= 0.6 is 0 Å². The predicted octanol–water partition coefficient (Wildman–Crippen LogP) is 3.21. The van der Waals surface area contributed by atoms with Gasteiger partial charge in [-0.15, -0.1) is 0 Å². The van der Waals surface area contributed by atoms with Gasteiger partial charge in [0.15, 0.2) is 0 Å². The number of aryl methyl sites for hydroxylation is 1. The van der Waals surface area contributed by atoms with E-state index in [2.05, 4.69) is 25.7 Å². The maximum atomic E-state index is 11.9. The molecule has 0 spiro atoms. The van der Waals surface area contributed by atoms with Crippen LogP contribution in [0.15, 0.2) is 24.3 Å². The Kier molecular flexibility index (Phi) is 3.92. The summed E-state index contributed by atoms with van der Waals surface area (Å²) in [4.78, 5) is 14.3. The topological polar surface area (TPSA) is 40.5 Å². The molecule has 1 aromatic carbocycles. The average Bonchev–Trinajstić information content (AvgIpc) is 2.38. The first-order valence-electron chi connectivity index (χ1n) is 7.31. The van der Waals surface area contributed by atoms with Gasteiger partial charge in [-0.25, -0.2) is 0 Å². The fourth-order valence-electron chi connectivity index (χ4n) is 3.06. The summed E-state index contributed by atoms with van der Waals surface area (Å²) in [6, 6.07) is 7.98. The molecule has 1 fully saturated rings. The number of nitrogens with zero attached hydrogens (tertiary/aromatic N) is 1. The van der Waals surface area contributed by atoms with E-state index in [1.807, 2.05) is 31.2 Å². The molecule has 1 aliphatic heterocycles. The molecule has 1 aromatic rings. The van der Waals surface area contributed by atoms with Crippen molar-refractivity contribution in [3.63, 3.8) is 0 Å². The van der Waals surface area contributed by atoms with Crippen LogP contribution in [0.1, 0.15) is 44.7 Å². The highest BCUT2D eigenvalue weighted by Crippen LogP contribution is 2.37. The van der Waals surface area contributed by atoms with E-state index >= 15 is 0 Å². The average molecular weight is 275 g/mol. The van der Waals surface area contributed by atoms with Gasteiger partial charge in [0.1, 0.15) is 0 Å². The van der Waals surface area contributed by atoms with Gasteiger partial charge in [0.2, 0.25) is 0 Å². The lowest BCUT2D eigenvalue weighted by atomic mass is 9.72. The normalized spacial score (nSPS) is 19.8. The minimum absolute atomic E-state index is 0.109. The molecule has 0 aliphatic carbocycles. The van der Waals surface area contributed by atoms with Crippen molar-refractivity contribution in [3.8, 4) is 0 Å². The SMILES string of the molecule is Cc1ccc(C2(C(=O)O)CCN(C(C)(C)C)CC2)cc1. The summed E-state index contributed by atoms with van der Waals surface area (Å²) in [5.41, 5.74) is 1.51. The molecule has 0 aromatic heterocycles. The van der Waals surface area contributed by atoms with Gasteiger partial charge in [-0.05, 0) is 46.1 Å². The number of carbonyl (C=O) groups is 1. The van der Waals surface area contributed by atoms with E-state index in [0.717, 1.165) is 18.7 Å². The van der Waals surface area contributed by atoms with Crippen molar-refractivity contribution in [2.75, 3.05) is 13.1 Å². The number of hydrogen-bond acceptors (Lipinski definition) is 2. The third-order valence-electron chi connectivity index (χ3n) is 4.58. The minimum Gasteiger partial charge on any atom is -0.481 e. The van der Waals surface area contributed by atoms with Gasteiger partial charge < -0.3 is 5.11 Å².